The molecule has 0 saturated carbocycles. The molecule has 172 valence electrons. The van der Waals surface area contributed by atoms with Gasteiger partial charge in [-0.15, -0.1) is 0 Å². The van der Waals surface area contributed by atoms with Gasteiger partial charge in [-0.2, -0.15) is 5.10 Å². The Bertz CT molecular complexity index is 1220. The van der Waals surface area contributed by atoms with Crippen LogP contribution in [0, 0.1) is 6.92 Å². The zero-order valence-electron chi connectivity index (χ0n) is 19.2. The number of hydrazone groups is 1. The van der Waals surface area contributed by atoms with E-state index in [0.29, 0.717) is 11.3 Å². The number of hydrogen-bond donors (Lipinski definition) is 1. The fourth-order valence-corrected chi connectivity index (χ4v) is 4.02. The number of nitrogens with one attached hydrogen (secondary N) is 1. The van der Waals surface area contributed by atoms with Gasteiger partial charge in [-0.05, 0) is 54.4 Å². The quantitative estimate of drug-likeness (QED) is 0.406. The second kappa shape index (κ2) is 10.3. The van der Waals surface area contributed by atoms with Crippen molar-refractivity contribution in [1.82, 2.24) is 5.43 Å². The molecule has 33 heavy (non-hydrogen) atoms. The van der Waals surface area contributed by atoms with Crippen molar-refractivity contribution in [3.8, 4) is 0 Å². The summed E-state index contributed by atoms with van der Waals surface area (Å²) >= 11 is 0. The van der Waals surface area contributed by atoms with Gasteiger partial charge in [-0.3, -0.25) is 9.10 Å². The number of hydrogen-bond acceptors (Lipinski definition) is 5. The second-order valence-corrected chi connectivity index (χ2v) is 9.89. The summed E-state index contributed by atoms with van der Waals surface area (Å²) in [6.45, 7) is 2.19. The van der Waals surface area contributed by atoms with Crippen molar-refractivity contribution in [3.63, 3.8) is 0 Å². The Labute approximate surface area is 195 Å². The number of rotatable bonds is 8. The third-order valence-corrected chi connectivity index (χ3v) is 6.19. The minimum Gasteiger partial charge on any atom is -0.378 e. The summed E-state index contributed by atoms with van der Waals surface area (Å²) in [5, 5.41) is 4.01. The van der Waals surface area contributed by atoms with Crippen molar-refractivity contribution in [2.45, 2.75) is 13.5 Å². The maximum Gasteiger partial charge on any atom is 0.271 e. The van der Waals surface area contributed by atoms with E-state index in [1.807, 2.05) is 74.4 Å². The molecule has 0 spiro atoms. The third kappa shape index (κ3) is 6.66. The number of carbonyl (C=O) groups is 1. The molecule has 0 radical (unpaired) electrons. The lowest BCUT2D eigenvalue weighted by atomic mass is 10.1. The summed E-state index contributed by atoms with van der Waals surface area (Å²) in [6, 6.07) is 21.9. The lowest BCUT2D eigenvalue weighted by Crippen LogP contribution is -2.29. The minimum atomic E-state index is -3.51. The van der Waals surface area contributed by atoms with E-state index < -0.39 is 10.0 Å². The molecule has 0 fully saturated rings. The number of amides is 1. The molecule has 7 nitrogen and oxygen atoms in total. The van der Waals surface area contributed by atoms with Gasteiger partial charge in [0.15, 0.2) is 0 Å². The highest BCUT2D eigenvalue weighted by atomic mass is 32.2. The van der Waals surface area contributed by atoms with Gasteiger partial charge in [0, 0.05) is 25.3 Å². The maximum atomic E-state index is 12.4. The van der Waals surface area contributed by atoms with E-state index in [2.05, 4.69) is 10.5 Å². The van der Waals surface area contributed by atoms with Gasteiger partial charge < -0.3 is 4.90 Å². The van der Waals surface area contributed by atoms with Gasteiger partial charge in [0.2, 0.25) is 10.0 Å². The van der Waals surface area contributed by atoms with Crippen LogP contribution in [0.3, 0.4) is 0 Å². The zero-order chi connectivity index (χ0) is 24.0. The molecule has 8 heteroatoms. The molecule has 0 bridgehead atoms. The van der Waals surface area contributed by atoms with Gasteiger partial charge in [-0.25, -0.2) is 13.8 Å². The topological polar surface area (TPSA) is 82.1 Å². The van der Waals surface area contributed by atoms with Crippen LogP contribution in [-0.2, 0) is 16.6 Å². The Balaban J connectivity index is 1.68. The first-order chi connectivity index (χ1) is 15.6. The van der Waals surface area contributed by atoms with Crippen LogP contribution < -0.4 is 14.6 Å². The molecule has 0 aliphatic carbocycles. The highest BCUT2D eigenvalue weighted by molar-refractivity contribution is 7.92. The summed E-state index contributed by atoms with van der Waals surface area (Å²) in [7, 11) is 0.423. The molecule has 1 amide bonds. The Morgan fingerprint density at radius 3 is 2.03 bits per heavy atom. The standard InChI is InChI=1S/C25H28N4O3S/c1-19-5-7-21(8-6-19)18-29(33(4,31)32)24-15-11-22(12-16-24)25(30)27-26-17-20-9-13-23(14-10-20)28(2)3/h5-17H,18H2,1-4H3,(H,27,30)/b26-17-. The fraction of sp³-hybridized carbons (Fsp3) is 0.200. The molecule has 1 N–H and O–H groups in total. The van der Waals surface area contributed by atoms with E-state index in [-0.39, 0.29) is 12.5 Å². The Hall–Kier alpha value is -3.65. The Morgan fingerprint density at radius 2 is 1.48 bits per heavy atom. The van der Waals surface area contributed by atoms with Crippen LogP contribution in [0.25, 0.3) is 0 Å². The highest BCUT2D eigenvalue weighted by Gasteiger charge is 2.18. The van der Waals surface area contributed by atoms with Crippen LogP contribution in [0.15, 0.2) is 77.9 Å². The highest BCUT2D eigenvalue weighted by Crippen LogP contribution is 2.21. The first-order valence-electron chi connectivity index (χ1n) is 10.4. The lowest BCUT2D eigenvalue weighted by molar-refractivity contribution is 0.0955. The van der Waals surface area contributed by atoms with Crippen molar-refractivity contribution in [2.24, 2.45) is 5.10 Å². The number of carbonyl (C=O) groups excluding carboxylic acids is 1. The van der Waals surface area contributed by atoms with Crippen LogP contribution in [0.5, 0.6) is 0 Å². The van der Waals surface area contributed by atoms with Crippen molar-refractivity contribution in [1.29, 1.82) is 0 Å². The molecule has 3 aromatic rings. The van der Waals surface area contributed by atoms with E-state index in [4.69, 9.17) is 0 Å². The summed E-state index contributed by atoms with van der Waals surface area (Å²) in [5.74, 6) is -0.382. The molecule has 0 heterocycles. The third-order valence-electron chi connectivity index (χ3n) is 5.05. The first kappa shape index (κ1) is 24.0. The number of sulfonamides is 1. The first-order valence-corrected chi connectivity index (χ1v) is 12.2. The molecule has 0 aromatic heterocycles. The smallest absolute Gasteiger partial charge is 0.271 e. The largest absolute Gasteiger partial charge is 0.378 e. The normalized spacial score (nSPS) is 11.4. The molecule has 3 aromatic carbocycles. The van der Waals surface area contributed by atoms with Gasteiger partial charge in [0.1, 0.15) is 0 Å². The zero-order valence-corrected chi connectivity index (χ0v) is 20.0. The van der Waals surface area contributed by atoms with Gasteiger partial charge in [0.25, 0.3) is 5.91 Å². The average Bonchev–Trinajstić information content (AvgIpc) is 2.78. The minimum absolute atomic E-state index is 0.210. The van der Waals surface area contributed by atoms with E-state index in [0.717, 1.165) is 22.4 Å². The van der Waals surface area contributed by atoms with Crippen LogP contribution in [-0.4, -0.2) is 40.9 Å². The monoisotopic (exact) mass is 464 g/mol. The molecule has 0 atom stereocenters. The number of nitrogens with zero attached hydrogens (tertiary/aromatic N) is 3. The number of aryl methyl sites for hydroxylation is 1. The molecular weight excluding hydrogens is 436 g/mol. The van der Waals surface area contributed by atoms with E-state index in [9.17, 15) is 13.2 Å². The number of anilines is 2. The van der Waals surface area contributed by atoms with Crippen LogP contribution in [0.2, 0.25) is 0 Å². The SMILES string of the molecule is Cc1ccc(CN(c2ccc(C(=O)N/N=C\c3ccc(N(C)C)cc3)cc2)S(C)(=O)=O)cc1. The fourth-order valence-electron chi connectivity index (χ4n) is 3.13. The predicted molar refractivity (Wildman–Crippen MR) is 134 cm³/mol. The maximum absolute atomic E-state index is 12.4. The van der Waals surface area contributed by atoms with Crippen molar-refractivity contribution < 1.29 is 13.2 Å². The predicted octanol–water partition coefficient (Wildman–Crippen LogP) is 3.79. The molecule has 0 saturated heterocycles. The molecule has 0 unspecified atom stereocenters. The Kier molecular flexibility index (Phi) is 7.50. The van der Waals surface area contributed by atoms with Crippen molar-refractivity contribution in [2.75, 3.05) is 29.6 Å². The second-order valence-electron chi connectivity index (χ2n) is 7.99. The van der Waals surface area contributed by atoms with E-state index in [1.165, 1.54) is 10.6 Å². The van der Waals surface area contributed by atoms with Crippen LogP contribution >= 0.6 is 0 Å². The molecule has 0 aliphatic heterocycles. The molecule has 0 aliphatic rings. The van der Waals surface area contributed by atoms with Crippen molar-refractivity contribution >= 4 is 33.5 Å². The average molecular weight is 465 g/mol. The molecule has 3 rings (SSSR count). The van der Waals surface area contributed by atoms with Gasteiger partial charge in [-0.1, -0.05) is 42.0 Å². The van der Waals surface area contributed by atoms with Gasteiger partial charge >= 0.3 is 0 Å². The molecular formula is C25H28N4O3S. The summed E-state index contributed by atoms with van der Waals surface area (Å²) in [6.07, 6.45) is 2.74. The Morgan fingerprint density at radius 1 is 0.909 bits per heavy atom. The van der Waals surface area contributed by atoms with Crippen LogP contribution in [0.4, 0.5) is 11.4 Å². The lowest BCUT2D eigenvalue weighted by Gasteiger charge is -2.22. The summed E-state index contributed by atoms with van der Waals surface area (Å²) < 4.78 is 26.1. The van der Waals surface area contributed by atoms with Crippen molar-refractivity contribution in [3.05, 3.63) is 95.1 Å². The van der Waals surface area contributed by atoms with Crippen LogP contribution in [0.1, 0.15) is 27.0 Å². The summed E-state index contributed by atoms with van der Waals surface area (Å²) in [4.78, 5) is 14.4. The van der Waals surface area contributed by atoms with E-state index in [1.54, 1.807) is 30.5 Å². The number of benzene rings is 3. The summed E-state index contributed by atoms with van der Waals surface area (Å²) in [5.41, 5.74) is 7.27. The van der Waals surface area contributed by atoms with Gasteiger partial charge in [0.05, 0.1) is 24.7 Å². The van der Waals surface area contributed by atoms with E-state index >= 15 is 0 Å².